The Hall–Kier alpha value is -3.81. The molecule has 1 heterocycles. The van der Waals surface area contributed by atoms with Gasteiger partial charge in [0.15, 0.2) is 5.16 Å². The van der Waals surface area contributed by atoms with E-state index in [4.69, 9.17) is 21.6 Å². The molecule has 31 heavy (non-hydrogen) atoms. The van der Waals surface area contributed by atoms with Crippen LogP contribution in [-0.4, -0.2) is 28.7 Å². The van der Waals surface area contributed by atoms with Gasteiger partial charge in [-0.2, -0.15) is 10.2 Å². The van der Waals surface area contributed by atoms with E-state index in [1.807, 2.05) is 42.7 Å². The van der Waals surface area contributed by atoms with E-state index < -0.39 is 0 Å². The van der Waals surface area contributed by atoms with Crippen LogP contribution in [0.5, 0.6) is 11.6 Å². The van der Waals surface area contributed by atoms with Crippen molar-refractivity contribution in [1.82, 2.24) is 15.4 Å². The molecule has 0 radical (unpaired) electrons. The summed E-state index contributed by atoms with van der Waals surface area (Å²) in [6, 6.07) is 18.6. The molecule has 0 saturated carbocycles. The van der Waals surface area contributed by atoms with Crippen LogP contribution in [0.2, 0.25) is 0 Å². The molecular formula is C21H22N8OS. The van der Waals surface area contributed by atoms with Gasteiger partial charge in [-0.1, -0.05) is 23.9 Å². The quantitative estimate of drug-likeness (QED) is 0.105. The van der Waals surface area contributed by atoms with Gasteiger partial charge in [-0.15, -0.1) is 0 Å². The number of nitrogens with one attached hydrogen (secondary N) is 2. The normalized spacial score (nSPS) is 10.9. The minimum atomic E-state index is 0.311. The lowest BCUT2D eigenvalue weighted by atomic mass is 10.1. The number of rotatable bonds is 8. The van der Waals surface area contributed by atoms with Crippen molar-refractivity contribution in [1.29, 1.82) is 5.26 Å². The lowest BCUT2D eigenvalue weighted by Gasteiger charge is -2.10. The van der Waals surface area contributed by atoms with Crippen molar-refractivity contribution in [2.75, 3.05) is 24.0 Å². The van der Waals surface area contributed by atoms with E-state index in [-0.39, 0.29) is 0 Å². The first-order valence-electron chi connectivity index (χ1n) is 9.29. The summed E-state index contributed by atoms with van der Waals surface area (Å²) in [6.07, 6.45) is 2.23. The van der Waals surface area contributed by atoms with Crippen molar-refractivity contribution in [3.05, 3.63) is 65.7 Å². The van der Waals surface area contributed by atoms with Gasteiger partial charge in [0.25, 0.3) is 0 Å². The van der Waals surface area contributed by atoms with Gasteiger partial charge in [0.05, 0.1) is 12.5 Å². The maximum Gasteiger partial charge on any atom is 0.225 e. The fourth-order valence-electron chi connectivity index (χ4n) is 2.68. The summed E-state index contributed by atoms with van der Waals surface area (Å²) >= 11 is 1.39. The maximum atomic E-state index is 8.82. The molecule has 0 saturated heterocycles. The van der Waals surface area contributed by atoms with Crippen molar-refractivity contribution < 1.29 is 4.74 Å². The summed E-state index contributed by atoms with van der Waals surface area (Å²) in [5.41, 5.74) is 11.0. The second-order valence-electron chi connectivity index (χ2n) is 6.27. The van der Waals surface area contributed by atoms with Crippen molar-refractivity contribution in [2.24, 2.45) is 10.8 Å². The molecular weight excluding hydrogens is 412 g/mol. The summed E-state index contributed by atoms with van der Waals surface area (Å²) in [7, 11) is 0. The zero-order valence-corrected chi connectivity index (χ0v) is 17.7. The molecule has 0 aliphatic heterocycles. The number of benzene rings is 2. The predicted molar refractivity (Wildman–Crippen MR) is 123 cm³/mol. The minimum absolute atomic E-state index is 0.311. The summed E-state index contributed by atoms with van der Waals surface area (Å²) in [6.45, 7) is 0.311. The van der Waals surface area contributed by atoms with E-state index in [0.29, 0.717) is 41.5 Å². The Labute approximate surface area is 184 Å². The van der Waals surface area contributed by atoms with Crippen LogP contribution in [0.4, 0.5) is 11.5 Å². The molecule has 3 rings (SSSR count). The zero-order valence-electron chi connectivity index (χ0n) is 16.9. The average molecular weight is 435 g/mol. The number of hydrogen-bond donors (Lipinski definition) is 4. The highest BCUT2D eigenvalue weighted by molar-refractivity contribution is 7.98. The highest BCUT2D eigenvalue weighted by Crippen LogP contribution is 2.23. The molecule has 10 heteroatoms. The van der Waals surface area contributed by atoms with E-state index >= 15 is 0 Å². The Morgan fingerprint density at radius 1 is 1.19 bits per heavy atom. The molecule has 0 spiro atoms. The van der Waals surface area contributed by atoms with Gasteiger partial charge >= 0.3 is 0 Å². The molecule has 0 aliphatic carbocycles. The molecule has 0 bridgehead atoms. The maximum absolute atomic E-state index is 8.82. The second kappa shape index (κ2) is 10.8. The number of nitrogens with two attached hydrogens (primary N) is 2. The molecule has 3 aromatic rings. The Balaban J connectivity index is 1.65. The van der Waals surface area contributed by atoms with Crippen LogP contribution in [0.15, 0.2) is 64.7 Å². The third kappa shape index (κ3) is 6.33. The summed E-state index contributed by atoms with van der Waals surface area (Å²) < 4.78 is 5.77. The van der Waals surface area contributed by atoms with E-state index in [9.17, 15) is 0 Å². The van der Waals surface area contributed by atoms with Crippen LogP contribution in [0.1, 0.15) is 11.1 Å². The zero-order chi connectivity index (χ0) is 22.1. The average Bonchev–Trinajstić information content (AvgIpc) is 2.77. The first kappa shape index (κ1) is 21.9. The monoisotopic (exact) mass is 434 g/mol. The first-order chi connectivity index (χ1) is 15.1. The Bertz CT molecular complexity index is 1100. The topological polar surface area (TPSA) is 147 Å². The summed E-state index contributed by atoms with van der Waals surface area (Å²) in [5.74, 6) is 7.48. The molecule has 158 valence electrons. The third-order valence-corrected chi connectivity index (χ3v) is 4.65. The first-order valence-corrected chi connectivity index (χ1v) is 10.5. The summed E-state index contributed by atoms with van der Waals surface area (Å²) in [4.78, 5) is 12.8. The smallest absolute Gasteiger partial charge is 0.225 e. The van der Waals surface area contributed by atoms with Crippen LogP contribution >= 0.6 is 11.8 Å². The molecule has 9 nitrogen and oxygen atoms in total. The standard InChI is InChI=1S/C21H22N8OS/c1-31-21-27-18(23)12-19(28-21)30-17-7-5-15(6-8-17)20(29-24)26-13-25-16-4-2-3-14(11-16)9-10-22/h2-8,11-12,25H,9,13,24H2,1H3,(H,26,29)(H2,23,27,28). The number of anilines is 2. The molecule has 1 aromatic heterocycles. The van der Waals surface area contributed by atoms with Gasteiger partial charge < -0.3 is 21.2 Å². The van der Waals surface area contributed by atoms with Crippen LogP contribution in [0.25, 0.3) is 0 Å². The van der Waals surface area contributed by atoms with Gasteiger partial charge in [-0.25, -0.2) is 15.8 Å². The number of nitrogen functional groups attached to an aromatic ring is 1. The van der Waals surface area contributed by atoms with Gasteiger partial charge in [0.2, 0.25) is 5.88 Å². The number of aliphatic imine (C=N–C) groups is 1. The Morgan fingerprint density at radius 3 is 2.71 bits per heavy atom. The largest absolute Gasteiger partial charge is 0.439 e. The van der Waals surface area contributed by atoms with E-state index in [1.54, 1.807) is 18.2 Å². The third-order valence-electron chi connectivity index (χ3n) is 4.10. The SMILES string of the molecule is CSc1nc(N)cc(Oc2ccc(C(=NCNc3cccc(CC#N)c3)NN)cc2)n1. The number of amidine groups is 1. The van der Waals surface area contributed by atoms with E-state index in [2.05, 4.69) is 31.8 Å². The Kier molecular flexibility index (Phi) is 7.64. The molecule has 6 N–H and O–H groups in total. The molecule has 0 unspecified atom stereocenters. The fraction of sp³-hybridized carbons (Fsp3) is 0.143. The van der Waals surface area contributed by atoms with Crippen molar-refractivity contribution in [2.45, 2.75) is 11.6 Å². The second-order valence-corrected chi connectivity index (χ2v) is 7.04. The number of nitrogens with zero attached hydrogens (tertiary/aromatic N) is 4. The number of thioether (sulfide) groups is 1. The molecule has 2 aromatic carbocycles. The van der Waals surface area contributed by atoms with Gasteiger partial charge in [-0.3, -0.25) is 0 Å². The van der Waals surface area contributed by atoms with E-state index in [1.165, 1.54) is 11.8 Å². The minimum Gasteiger partial charge on any atom is -0.439 e. The van der Waals surface area contributed by atoms with Crippen LogP contribution in [-0.2, 0) is 6.42 Å². The van der Waals surface area contributed by atoms with Crippen LogP contribution in [0, 0.1) is 11.3 Å². The van der Waals surface area contributed by atoms with Gasteiger partial charge in [-0.05, 0) is 48.2 Å². The van der Waals surface area contributed by atoms with Gasteiger partial charge in [0, 0.05) is 17.3 Å². The van der Waals surface area contributed by atoms with Crippen molar-refractivity contribution >= 4 is 29.1 Å². The lowest BCUT2D eigenvalue weighted by Crippen LogP contribution is -2.31. The lowest BCUT2D eigenvalue weighted by molar-refractivity contribution is 0.456. The number of hydrogen-bond acceptors (Lipinski definition) is 9. The number of hydrazine groups is 1. The van der Waals surface area contributed by atoms with Gasteiger partial charge in [0.1, 0.15) is 24.1 Å². The van der Waals surface area contributed by atoms with E-state index in [0.717, 1.165) is 16.8 Å². The molecule has 0 aliphatic rings. The molecule has 0 amide bonds. The van der Waals surface area contributed by atoms with Crippen LogP contribution in [0.3, 0.4) is 0 Å². The van der Waals surface area contributed by atoms with Crippen molar-refractivity contribution in [3.63, 3.8) is 0 Å². The fourth-order valence-corrected chi connectivity index (χ4v) is 3.06. The predicted octanol–water partition coefficient (Wildman–Crippen LogP) is 2.92. The highest BCUT2D eigenvalue weighted by Gasteiger charge is 2.06. The number of ether oxygens (including phenoxy) is 1. The summed E-state index contributed by atoms with van der Waals surface area (Å²) in [5, 5.41) is 12.6. The number of aromatic nitrogens is 2. The van der Waals surface area contributed by atoms with Crippen molar-refractivity contribution in [3.8, 4) is 17.7 Å². The van der Waals surface area contributed by atoms with Crippen LogP contribution < -0.4 is 27.1 Å². The molecule has 0 atom stereocenters. The number of nitriles is 1. The highest BCUT2D eigenvalue weighted by atomic mass is 32.2. The Morgan fingerprint density at radius 2 is 2.00 bits per heavy atom. The molecule has 0 fully saturated rings.